The Morgan fingerprint density at radius 2 is 2.00 bits per heavy atom. The van der Waals surface area contributed by atoms with Gasteiger partial charge in [-0.2, -0.15) is 0 Å². The van der Waals surface area contributed by atoms with Crippen LogP contribution in [0.5, 0.6) is 0 Å². The van der Waals surface area contributed by atoms with Crippen LogP contribution >= 0.6 is 11.3 Å². The first-order chi connectivity index (χ1) is 9.78. The largest absolute Gasteiger partial charge is 0.444 e. The number of alkyl carbamates (subject to hydrolysis) is 1. The van der Waals surface area contributed by atoms with E-state index < -0.39 is 11.7 Å². The number of ether oxygens (including phenoxy) is 1. The van der Waals surface area contributed by atoms with Crippen LogP contribution in [-0.4, -0.2) is 24.1 Å². The van der Waals surface area contributed by atoms with Gasteiger partial charge < -0.3 is 15.4 Å². The quantitative estimate of drug-likeness (QED) is 0.794. The Balaban J connectivity index is 2.11. The molecule has 0 bridgehead atoms. The second-order valence-corrected chi connectivity index (χ2v) is 6.84. The Morgan fingerprint density at radius 1 is 1.29 bits per heavy atom. The van der Waals surface area contributed by atoms with Crippen molar-refractivity contribution in [3.05, 3.63) is 21.9 Å². The Kier molecular flexibility index (Phi) is 6.68. The summed E-state index contributed by atoms with van der Waals surface area (Å²) in [5.74, 6) is -0.00575. The van der Waals surface area contributed by atoms with Crippen LogP contribution in [0.4, 0.5) is 4.79 Å². The summed E-state index contributed by atoms with van der Waals surface area (Å²) in [6.45, 7) is 8.47. The minimum atomic E-state index is -0.500. The van der Waals surface area contributed by atoms with Crippen LogP contribution in [0.25, 0.3) is 0 Å². The van der Waals surface area contributed by atoms with Gasteiger partial charge in [-0.1, -0.05) is 0 Å². The van der Waals surface area contributed by atoms with Gasteiger partial charge in [-0.05, 0) is 51.1 Å². The summed E-state index contributed by atoms with van der Waals surface area (Å²) in [5.41, 5.74) is 0.701. The molecule has 0 spiro atoms. The van der Waals surface area contributed by atoms with E-state index in [-0.39, 0.29) is 5.91 Å². The highest BCUT2D eigenvalue weighted by molar-refractivity contribution is 7.10. The Labute approximate surface area is 130 Å². The summed E-state index contributed by atoms with van der Waals surface area (Å²) in [4.78, 5) is 24.2. The number of carbonyl (C=O) groups excluding carboxylic acids is 2. The van der Waals surface area contributed by atoms with Crippen LogP contribution in [-0.2, 0) is 16.1 Å². The molecule has 1 heterocycles. The predicted molar refractivity (Wildman–Crippen MR) is 84.4 cm³/mol. The fourth-order valence-electron chi connectivity index (χ4n) is 1.61. The minimum Gasteiger partial charge on any atom is -0.444 e. The summed E-state index contributed by atoms with van der Waals surface area (Å²) >= 11 is 1.64. The molecule has 118 valence electrons. The molecule has 2 amide bonds. The predicted octanol–water partition coefficient (Wildman–Crippen LogP) is 2.98. The molecule has 0 fully saturated rings. The van der Waals surface area contributed by atoms with Crippen LogP contribution in [0.1, 0.15) is 44.1 Å². The molecule has 2 N–H and O–H groups in total. The van der Waals surface area contributed by atoms with Gasteiger partial charge >= 0.3 is 6.09 Å². The summed E-state index contributed by atoms with van der Waals surface area (Å²) in [7, 11) is 0. The van der Waals surface area contributed by atoms with E-state index in [1.165, 1.54) is 10.4 Å². The van der Waals surface area contributed by atoms with Crippen LogP contribution in [0.3, 0.4) is 0 Å². The second-order valence-electron chi connectivity index (χ2n) is 5.84. The minimum absolute atomic E-state index is 0.00575. The van der Waals surface area contributed by atoms with E-state index in [9.17, 15) is 9.59 Å². The molecule has 0 aliphatic rings. The van der Waals surface area contributed by atoms with Gasteiger partial charge in [0.15, 0.2) is 0 Å². The number of amides is 2. The van der Waals surface area contributed by atoms with E-state index in [4.69, 9.17) is 4.74 Å². The normalized spacial score (nSPS) is 11.0. The second kappa shape index (κ2) is 8.02. The van der Waals surface area contributed by atoms with Crippen molar-refractivity contribution < 1.29 is 14.3 Å². The van der Waals surface area contributed by atoms with Crippen LogP contribution < -0.4 is 10.6 Å². The number of thiophene rings is 1. The molecule has 0 aliphatic heterocycles. The van der Waals surface area contributed by atoms with Crippen molar-refractivity contribution in [1.82, 2.24) is 10.6 Å². The molecule has 1 rings (SSSR count). The number of rotatable bonds is 6. The molecular formula is C15H24N2O3S. The van der Waals surface area contributed by atoms with Crippen molar-refractivity contribution in [3.63, 3.8) is 0 Å². The first-order valence-corrected chi connectivity index (χ1v) is 7.92. The summed E-state index contributed by atoms with van der Waals surface area (Å²) in [5, 5.41) is 7.53. The van der Waals surface area contributed by atoms with Crippen LogP contribution in [0.2, 0.25) is 0 Å². The van der Waals surface area contributed by atoms with E-state index >= 15 is 0 Å². The number of hydrogen-bond acceptors (Lipinski definition) is 4. The lowest BCUT2D eigenvalue weighted by Gasteiger charge is -2.19. The molecule has 21 heavy (non-hydrogen) atoms. The zero-order chi connectivity index (χ0) is 15.9. The average molecular weight is 312 g/mol. The van der Waals surface area contributed by atoms with Gasteiger partial charge in [-0.25, -0.2) is 4.79 Å². The average Bonchev–Trinajstić information content (AvgIpc) is 2.75. The number of hydrogen-bond donors (Lipinski definition) is 2. The molecule has 5 nitrogen and oxygen atoms in total. The Morgan fingerprint density at radius 3 is 2.57 bits per heavy atom. The number of aryl methyl sites for hydroxylation is 1. The number of carbonyl (C=O) groups is 2. The van der Waals surface area contributed by atoms with Crippen molar-refractivity contribution in [2.45, 2.75) is 52.7 Å². The molecule has 0 saturated heterocycles. The van der Waals surface area contributed by atoms with Crippen LogP contribution in [0, 0.1) is 6.92 Å². The first-order valence-electron chi connectivity index (χ1n) is 7.04. The smallest absolute Gasteiger partial charge is 0.407 e. The SMILES string of the molecule is Cc1ccsc1CNC(=O)CCCNC(=O)OC(C)(C)C. The third kappa shape index (κ3) is 7.70. The molecule has 0 atom stereocenters. The Hall–Kier alpha value is -1.56. The highest BCUT2D eigenvalue weighted by atomic mass is 32.1. The van der Waals surface area contributed by atoms with Crippen molar-refractivity contribution >= 4 is 23.3 Å². The first kappa shape index (κ1) is 17.5. The molecule has 0 unspecified atom stereocenters. The van der Waals surface area contributed by atoms with Crippen molar-refractivity contribution in [2.75, 3.05) is 6.54 Å². The van der Waals surface area contributed by atoms with Crippen molar-refractivity contribution in [3.8, 4) is 0 Å². The molecule has 6 heteroatoms. The van der Waals surface area contributed by atoms with Gasteiger partial charge in [0, 0.05) is 17.8 Å². The van der Waals surface area contributed by atoms with Gasteiger partial charge in [0.05, 0.1) is 6.54 Å². The number of nitrogens with one attached hydrogen (secondary N) is 2. The van der Waals surface area contributed by atoms with Crippen molar-refractivity contribution in [2.24, 2.45) is 0 Å². The topological polar surface area (TPSA) is 67.4 Å². The molecular weight excluding hydrogens is 288 g/mol. The lowest BCUT2D eigenvalue weighted by molar-refractivity contribution is -0.121. The zero-order valence-electron chi connectivity index (χ0n) is 13.1. The standard InChI is InChI=1S/C15H24N2O3S/c1-11-7-9-21-12(11)10-17-13(18)6-5-8-16-14(19)20-15(2,3)4/h7,9H,5-6,8,10H2,1-4H3,(H,16,19)(H,17,18). The molecule has 1 aromatic rings. The lowest BCUT2D eigenvalue weighted by atomic mass is 10.2. The third-order valence-corrected chi connectivity index (χ3v) is 3.69. The fourth-order valence-corrected chi connectivity index (χ4v) is 2.45. The van der Waals surface area contributed by atoms with E-state index in [0.29, 0.717) is 25.9 Å². The van der Waals surface area contributed by atoms with Gasteiger partial charge in [0.25, 0.3) is 0 Å². The highest BCUT2D eigenvalue weighted by Gasteiger charge is 2.15. The van der Waals surface area contributed by atoms with Gasteiger partial charge in [-0.3, -0.25) is 4.79 Å². The summed E-state index contributed by atoms with van der Waals surface area (Å²) in [6, 6.07) is 2.04. The maximum absolute atomic E-state index is 11.7. The van der Waals surface area contributed by atoms with Crippen molar-refractivity contribution in [1.29, 1.82) is 0 Å². The molecule has 0 radical (unpaired) electrons. The lowest BCUT2D eigenvalue weighted by Crippen LogP contribution is -2.33. The molecule has 0 aliphatic carbocycles. The molecule has 0 aromatic carbocycles. The highest BCUT2D eigenvalue weighted by Crippen LogP contribution is 2.14. The van der Waals surface area contributed by atoms with Crippen LogP contribution in [0.15, 0.2) is 11.4 Å². The monoisotopic (exact) mass is 312 g/mol. The zero-order valence-corrected chi connectivity index (χ0v) is 13.9. The Bertz CT molecular complexity index is 478. The maximum Gasteiger partial charge on any atom is 0.407 e. The third-order valence-electron chi connectivity index (χ3n) is 2.66. The van der Waals surface area contributed by atoms with E-state index in [2.05, 4.69) is 10.6 Å². The summed E-state index contributed by atoms with van der Waals surface area (Å²) in [6.07, 6.45) is 0.534. The van der Waals surface area contributed by atoms with Gasteiger partial charge in [0.2, 0.25) is 5.91 Å². The fraction of sp³-hybridized carbons (Fsp3) is 0.600. The maximum atomic E-state index is 11.7. The van der Waals surface area contributed by atoms with E-state index in [1.54, 1.807) is 11.3 Å². The van der Waals surface area contributed by atoms with Gasteiger partial charge in [-0.15, -0.1) is 11.3 Å². The summed E-state index contributed by atoms with van der Waals surface area (Å²) < 4.78 is 5.11. The van der Waals surface area contributed by atoms with E-state index in [1.807, 2.05) is 39.1 Å². The van der Waals surface area contributed by atoms with Gasteiger partial charge in [0.1, 0.15) is 5.60 Å². The molecule has 1 aromatic heterocycles. The molecule has 0 saturated carbocycles. The van der Waals surface area contributed by atoms with E-state index in [0.717, 1.165) is 0 Å².